The Kier molecular flexibility index (Phi) is 5.87. The summed E-state index contributed by atoms with van der Waals surface area (Å²) in [6.45, 7) is 2.19. The summed E-state index contributed by atoms with van der Waals surface area (Å²) >= 11 is 5.31. The fourth-order valence-electron chi connectivity index (χ4n) is 1.61. The van der Waals surface area contributed by atoms with Gasteiger partial charge in [-0.15, -0.1) is 0 Å². The van der Waals surface area contributed by atoms with Crippen molar-refractivity contribution in [1.82, 2.24) is 0 Å². The van der Waals surface area contributed by atoms with Crippen LogP contribution in [0.15, 0.2) is 22.7 Å². The molecule has 1 rings (SSSR count). The quantitative estimate of drug-likeness (QED) is 0.825. The average Bonchev–Trinajstić information content (AvgIpc) is 2.34. The number of nitrogens with zero attached hydrogens (tertiary/aromatic N) is 2. The first-order chi connectivity index (χ1) is 8.10. The van der Waals surface area contributed by atoms with E-state index in [1.54, 1.807) is 0 Å². The van der Waals surface area contributed by atoms with Gasteiger partial charge in [0.2, 0.25) is 0 Å². The standard InChI is InChI=1S/C13H17BrN2S/c1-10(6-7-17-3)16(2)13-8-12(14)5-4-11(13)9-15/h4-5,8,10H,6-7H2,1-3H3. The first-order valence-electron chi connectivity index (χ1n) is 5.51. The fraction of sp³-hybridized carbons (Fsp3) is 0.462. The Morgan fingerprint density at radius 3 is 2.82 bits per heavy atom. The summed E-state index contributed by atoms with van der Waals surface area (Å²) in [5, 5.41) is 9.12. The lowest BCUT2D eigenvalue weighted by molar-refractivity contribution is 0.669. The van der Waals surface area contributed by atoms with E-state index < -0.39 is 0 Å². The Morgan fingerprint density at radius 2 is 2.24 bits per heavy atom. The number of benzene rings is 1. The van der Waals surface area contributed by atoms with Crippen LogP contribution in [-0.2, 0) is 0 Å². The van der Waals surface area contributed by atoms with Crippen molar-refractivity contribution < 1.29 is 0 Å². The summed E-state index contributed by atoms with van der Waals surface area (Å²) in [5.41, 5.74) is 1.72. The zero-order valence-corrected chi connectivity index (χ0v) is 12.8. The Hall–Kier alpha value is -0.660. The van der Waals surface area contributed by atoms with Gasteiger partial charge in [-0.2, -0.15) is 17.0 Å². The maximum Gasteiger partial charge on any atom is 0.101 e. The van der Waals surface area contributed by atoms with E-state index in [1.807, 2.05) is 37.0 Å². The Balaban J connectivity index is 2.91. The minimum Gasteiger partial charge on any atom is -0.371 e. The van der Waals surface area contributed by atoms with Gasteiger partial charge in [0.05, 0.1) is 11.3 Å². The second-order valence-electron chi connectivity index (χ2n) is 4.01. The number of halogens is 1. The molecule has 2 nitrogen and oxygen atoms in total. The van der Waals surface area contributed by atoms with Crippen molar-refractivity contribution in [2.75, 3.05) is 24.0 Å². The zero-order valence-electron chi connectivity index (χ0n) is 10.4. The van der Waals surface area contributed by atoms with Crippen molar-refractivity contribution >= 4 is 33.4 Å². The fourth-order valence-corrected chi connectivity index (χ4v) is 2.54. The third-order valence-corrected chi connectivity index (χ3v) is 4.00. The van der Waals surface area contributed by atoms with Gasteiger partial charge in [-0.25, -0.2) is 0 Å². The largest absolute Gasteiger partial charge is 0.371 e. The van der Waals surface area contributed by atoms with Crippen molar-refractivity contribution in [3.05, 3.63) is 28.2 Å². The van der Waals surface area contributed by atoms with Gasteiger partial charge in [0.25, 0.3) is 0 Å². The number of nitriles is 1. The Morgan fingerprint density at radius 1 is 1.53 bits per heavy atom. The van der Waals surface area contributed by atoms with Crippen molar-refractivity contribution in [1.29, 1.82) is 5.26 Å². The second-order valence-corrected chi connectivity index (χ2v) is 5.92. The molecule has 1 atom stereocenters. The molecule has 0 aliphatic heterocycles. The lowest BCUT2D eigenvalue weighted by atomic mass is 10.1. The molecule has 92 valence electrons. The molecule has 0 bridgehead atoms. The van der Waals surface area contributed by atoms with Gasteiger partial charge in [0, 0.05) is 17.6 Å². The molecular weight excluding hydrogens is 296 g/mol. The summed E-state index contributed by atoms with van der Waals surface area (Å²) in [6.07, 6.45) is 3.24. The molecule has 0 aliphatic carbocycles. The second kappa shape index (κ2) is 6.93. The van der Waals surface area contributed by atoms with Gasteiger partial charge >= 0.3 is 0 Å². The molecule has 0 aromatic heterocycles. The van der Waals surface area contributed by atoms with Gasteiger partial charge in [-0.1, -0.05) is 15.9 Å². The van der Waals surface area contributed by atoms with Crippen molar-refractivity contribution in [3.8, 4) is 6.07 Å². The molecule has 0 saturated carbocycles. The van der Waals surface area contributed by atoms with E-state index in [0.29, 0.717) is 6.04 Å². The predicted octanol–water partition coefficient (Wildman–Crippen LogP) is 3.90. The first kappa shape index (κ1) is 14.4. The van der Waals surface area contributed by atoms with Crippen LogP contribution in [-0.4, -0.2) is 25.1 Å². The molecule has 0 fully saturated rings. The molecule has 17 heavy (non-hydrogen) atoms. The molecule has 0 radical (unpaired) electrons. The third kappa shape index (κ3) is 3.93. The van der Waals surface area contributed by atoms with E-state index in [2.05, 4.69) is 40.1 Å². The first-order valence-corrected chi connectivity index (χ1v) is 7.70. The molecule has 1 aromatic carbocycles. The number of hydrogen-bond donors (Lipinski definition) is 0. The van der Waals surface area contributed by atoms with Gasteiger partial charge in [0.1, 0.15) is 6.07 Å². The lowest BCUT2D eigenvalue weighted by Gasteiger charge is -2.27. The van der Waals surface area contributed by atoms with Crippen LogP contribution in [0.5, 0.6) is 0 Å². The van der Waals surface area contributed by atoms with Crippen LogP contribution in [0.2, 0.25) is 0 Å². The topological polar surface area (TPSA) is 27.0 Å². The van der Waals surface area contributed by atoms with Crippen LogP contribution in [0.4, 0.5) is 5.69 Å². The zero-order chi connectivity index (χ0) is 12.8. The van der Waals surface area contributed by atoms with Gasteiger partial charge < -0.3 is 4.90 Å². The average molecular weight is 313 g/mol. The van der Waals surface area contributed by atoms with Crippen LogP contribution >= 0.6 is 27.7 Å². The minimum absolute atomic E-state index is 0.434. The van der Waals surface area contributed by atoms with E-state index in [-0.39, 0.29) is 0 Å². The summed E-state index contributed by atoms with van der Waals surface area (Å²) in [6, 6.07) is 8.45. The molecule has 0 amide bonds. The molecule has 1 aromatic rings. The normalized spacial score (nSPS) is 11.9. The van der Waals surface area contributed by atoms with Gasteiger partial charge in [-0.05, 0) is 43.6 Å². The van der Waals surface area contributed by atoms with E-state index in [1.165, 1.54) is 0 Å². The molecule has 1 unspecified atom stereocenters. The maximum absolute atomic E-state index is 9.12. The molecular formula is C13H17BrN2S. The molecule has 4 heteroatoms. The van der Waals surface area contributed by atoms with Crippen LogP contribution in [0.3, 0.4) is 0 Å². The summed E-state index contributed by atoms with van der Waals surface area (Å²) in [4.78, 5) is 2.18. The summed E-state index contributed by atoms with van der Waals surface area (Å²) < 4.78 is 1.01. The monoisotopic (exact) mass is 312 g/mol. The van der Waals surface area contributed by atoms with Crippen LogP contribution in [0.1, 0.15) is 18.9 Å². The van der Waals surface area contributed by atoms with Crippen molar-refractivity contribution in [2.45, 2.75) is 19.4 Å². The van der Waals surface area contributed by atoms with Gasteiger partial charge in [-0.3, -0.25) is 0 Å². The number of thioether (sulfide) groups is 1. The third-order valence-electron chi connectivity index (χ3n) is 2.86. The van der Waals surface area contributed by atoms with Crippen LogP contribution in [0, 0.1) is 11.3 Å². The molecule has 0 N–H and O–H groups in total. The number of hydrogen-bond acceptors (Lipinski definition) is 3. The Bertz CT molecular complexity index is 414. The van der Waals surface area contributed by atoms with E-state index in [0.717, 1.165) is 27.9 Å². The molecule has 0 spiro atoms. The maximum atomic E-state index is 9.12. The van der Waals surface area contributed by atoms with Crippen LogP contribution in [0.25, 0.3) is 0 Å². The Labute approximate surface area is 116 Å². The van der Waals surface area contributed by atoms with E-state index in [4.69, 9.17) is 5.26 Å². The molecule has 0 aliphatic rings. The highest BCUT2D eigenvalue weighted by Gasteiger charge is 2.13. The SMILES string of the molecule is CSCCC(C)N(C)c1cc(Br)ccc1C#N. The lowest BCUT2D eigenvalue weighted by Crippen LogP contribution is -2.29. The van der Waals surface area contributed by atoms with Crippen molar-refractivity contribution in [3.63, 3.8) is 0 Å². The highest BCUT2D eigenvalue weighted by Crippen LogP contribution is 2.26. The minimum atomic E-state index is 0.434. The molecule has 0 saturated heterocycles. The summed E-state index contributed by atoms with van der Waals surface area (Å²) in [7, 11) is 2.05. The van der Waals surface area contributed by atoms with Gasteiger partial charge in [0.15, 0.2) is 0 Å². The molecule has 0 heterocycles. The summed E-state index contributed by atoms with van der Waals surface area (Å²) in [5.74, 6) is 1.14. The number of rotatable bonds is 5. The predicted molar refractivity (Wildman–Crippen MR) is 79.7 cm³/mol. The van der Waals surface area contributed by atoms with Crippen molar-refractivity contribution in [2.24, 2.45) is 0 Å². The van der Waals surface area contributed by atoms with E-state index >= 15 is 0 Å². The number of anilines is 1. The smallest absolute Gasteiger partial charge is 0.101 e. The highest BCUT2D eigenvalue weighted by molar-refractivity contribution is 9.10. The highest BCUT2D eigenvalue weighted by atomic mass is 79.9. The van der Waals surface area contributed by atoms with E-state index in [9.17, 15) is 0 Å². The van der Waals surface area contributed by atoms with Crippen LogP contribution < -0.4 is 4.90 Å².